The maximum atomic E-state index is 13.2. The first-order valence-corrected chi connectivity index (χ1v) is 11.9. The van der Waals surface area contributed by atoms with E-state index in [0.717, 1.165) is 24.0 Å². The molecule has 0 fully saturated rings. The van der Waals surface area contributed by atoms with E-state index in [-0.39, 0.29) is 34.0 Å². The summed E-state index contributed by atoms with van der Waals surface area (Å²) in [5.74, 6) is 0.308. The van der Waals surface area contributed by atoms with Crippen molar-refractivity contribution in [2.45, 2.75) is 36.7 Å². The van der Waals surface area contributed by atoms with Gasteiger partial charge in [0.1, 0.15) is 10.7 Å². The smallest absolute Gasteiger partial charge is 0.254 e. The summed E-state index contributed by atoms with van der Waals surface area (Å²) in [5, 5.41) is 0.0711. The van der Waals surface area contributed by atoms with Crippen LogP contribution in [-0.2, 0) is 23.0 Å². The third kappa shape index (κ3) is 4.69. The van der Waals surface area contributed by atoms with Gasteiger partial charge in [0.05, 0.1) is 17.8 Å². The largest absolute Gasteiger partial charge is 0.467 e. The van der Waals surface area contributed by atoms with Gasteiger partial charge in [-0.05, 0) is 60.7 Å². The van der Waals surface area contributed by atoms with Crippen molar-refractivity contribution in [1.82, 2.24) is 9.62 Å². The molecule has 1 N–H and O–H groups in total. The second-order valence-electron chi connectivity index (χ2n) is 7.65. The van der Waals surface area contributed by atoms with Gasteiger partial charge in [-0.2, -0.15) is 0 Å². The summed E-state index contributed by atoms with van der Waals surface area (Å²) in [5.41, 5.74) is 2.37. The van der Waals surface area contributed by atoms with E-state index >= 15 is 0 Å². The number of benzene rings is 2. The van der Waals surface area contributed by atoms with Crippen LogP contribution in [0.5, 0.6) is 0 Å². The molecule has 0 radical (unpaired) electrons. The lowest BCUT2D eigenvalue weighted by atomic mass is 9.88. The normalized spacial score (nSPS) is 16.0. The molecule has 1 atom stereocenters. The first kappa shape index (κ1) is 21.6. The van der Waals surface area contributed by atoms with Crippen LogP contribution >= 0.6 is 11.6 Å². The molecular formula is C23H23ClN2O4S. The Morgan fingerprint density at radius 3 is 2.77 bits per heavy atom. The van der Waals surface area contributed by atoms with Crippen molar-refractivity contribution < 1.29 is 17.6 Å². The van der Waals surface area contributed by atoms with Gasteiger partial charge < -0.3 is 9.32 Å². The fourth-order valence-electron chi connectivity index (χ4n) is 3.90. The number of hydrogen-bond acceptors (Lipinski definition) is 4. The molecule has 1 heterocycles. The number of furan rings is 1. The topological polar surface area (TPSA) is 79.6 Å². The Hall–Kier alpha value is -2.61. The van der Waals surface area contributed by atoms with Crippen LogP contribution in [0, 0.1) is 0 Å². The number of rotatable bonds is 6. The average molecular weight is 459 g/mol. The molecule has 0 aliphatic heterocycles. The number of sulfonamides is 1. The van der Waals surface area contributed by atoms with Crippen molar-refractivity contribution in [1.29, 1.82) is 0 Å². The average Bonchev–Trinajstić information content (AvgIpc) is 3.26. The van der Waals surface area contributed by atoms with Crippen LogP contribution in [-0.4, -0.2) is 26.3 Å². The molecule has 1 amide bonds. The van der Waals surface area contributed by atoms with Gasteiger partial charge in [0.25, 0.3) is 5.91 Å². The number of carbonyl (C=O) groups is 1. The Kier molecular flexibility index (Phi) is 6.18. The van der Waals surface area contributed by atoms with Gasteiger partial charge in [-0.25, -0.2) is 13.1 Å². The molecule has 6 nitrogen and oxygen atoms in total. The quantitative estimate of drug-likeness (QED) is 0.587. The monoisotopic (exact) mass is 458 g/mol. The molecule has 162 valence electrons. The zero-order valence-electron chi connectivity index (χ0n) is 17.0. The lowest BCUT2D eigenvalue weighted by Crippen LogP contribution is -2.31. The highest BCUT2D eigenvalue weighted by Crippen LogP contribution is 2.32. The van der Waals surface area contributed by atoms with Crippen LogP contribution in [0.4, 0.5) is 0 Å². The minimum atomic E-state index is -3.94. The highest BCUT2D eigenvalue weighted by Gasteiger charge is 2.28. The molecule has 0 bridgehead atoms. The second-order valence-corrected chi connectivity index (χ2v) is 9.74. The summed E-state index contributed by atoms with van der Waals surface area (Å²) in [6.45, 7) is 0.271. The first-order valence-electron chi connectivity index (χ1n) is 10.0. The van der Waals surface area contributed by atoms with E-state index in [9.17, 15) is 13.2 Å². The summed E-state index contributed by atoms with van der Waals surface area (Å²) < 4.78 is 34.5. The van der Waals surface area contributed by atoms with Gasteiger partial charge in [0.15, 0.2) is 0 Å². The van der Waals surface area contributed by atoms with Gasteiger partial charge in [0.2, 0.25) is 10.0 Å². The molecule has 1 unspecified atom stereocenters. The number of fused-ring (bicyclic) bond motifs is 1. The summed E-state index contributed by atoms with van der Waals surface area (Å²) in [6, 6.07) is 15.3. The predicted molar refractivity (Wildman–Crippen MR) is 118 cm³/mol. The van der Waals surface area contributed by atoms with Crippen LogP contribution < -0.4 is 4.72 Å². The summed E-state index contributed by atoms with van der Waals surface area (Å²) in [4.78, 5) is 14.2. The maximum absolute atomic E-state index is 13.2. The highest BCUT2D eigenvalue weighted by atomic mass is 35.5. The number of carbonyl (C=O) groups excluding carboxylic acids is 1. The molecule has 1 aliphatic carbocycles. The fourth-order valence-corrected chi connectivity index (χ4v) is 5.67. The standard InChI is InChI=1S/C23H23ClN2O4S/c1-26(15-18-8-5-13-30-18)23(27)17-11-12-20(24)22(14-17)31(28,29)25-21-10-4-7-16-6-2-3-9-19(16)21/h2-3,5-6,8-9,11-14,21,25H,4,7,10,15H2,1H3. The van der Waals surface area contributed by atoms with Crippen LogP contribution in [0.2, 0.25) is 5.02 Å². The second kappa shape index (κ2) is 8.86. The van der Waals surface area contributed by atoms with E-state index in [1.807, 2.05) is 24.3 Å². The molecule has 0 spiro atoms. The number of aryl methyl sites for hydroxylation is 1. The van der Waals surface area contributed by atoms with Crippen molar-refractivity contribution >= 4 is 27.5 Å². The van der Waals surface area contributed by atoms with E-state index in [1.165, 1.54) is 29.4 Å². The van der Waals surface area contributed by atoms with Crippen molar-refractivity contribution in [2.75, 3.05) is 7.05 Å². The van der Waals surface area contributed by atoms with Gasteiger partial charge >= 0.3 is 0 Å². The third-order valence-corrected chi connectivity index (χ3v) is 7.41. The molecular weight excluding hydrogens is 436 g/mol. The predicted octanol–water partition coefficient (Wildman–Crippen LogP) is 4.56. The Labute approximate surface area is 186 Å². The summed E-state index contributed by atoms with van der Waals surface area (Å²) in [7, 11) is -2.31. The van der Waals surface area contributed by atoms with Crippen LogP contribution in [0.15, 0.2) is 70.2 Å². The van der Waals surface area contributed by atoms with E-state index in [4.69, 9.17) is 16.0 Å². The molecule has 1 aromatic heterocycles. The molecule has 2 aromatic carbocycles. The minimum Gasteiger partial charge on any atom is -0.467 e. The van der Waals surface area contributed by atoms with Gasteiger partial charge in [-0.1, -0.05) is 35.9 Å². The molecule has 0 saturated heterocycles. The zero-order valence-corrected chi connectivity index (χ0v) is 18.6. The van der Waals surface area contributed by atoms with Crippen LogP contribution in [0.3, 0.4) is 0 Å². The lowest BCUT2D eigenvalue weighted by molar-refractivity contribution is 0.0775. The molecule has 4 rings (SSSR count). The Morgan fingerprint density at radius 2 is 2.00 bits per heavy atom. The molecule has 31 heavy (non-hydrogen) atoms. The highest BCUT2D eigenvalue weighted by molar-refractivity contribution is 7.89. The molecule has 1 aliphatic rings. The van der Waals surface area contributed by atoms with Crippen molar-refractivity contribution in [3.05, 3.63) is 88.3 Å². The van der Waals surface area contributed by atoms with Crippen LogP contribution in [0.25, 0.3) is 0 Å². The Bertz CT molecular complexity index is 1190. The third-order valence-electron chi connectivity index (χ3n) is 5.45. The number of hydrogen-bond donors (Lipinski definition) is 1. The number of halogens is 1. The Morgan fingerprint density at radius 1 is 1.19 bits per heavy atom. The fraction of sp³-hybridized carbons (Fsp3) is 0.261. The number of nitrogens with one attached hydrogen (secondary N) is 1. The van der Waals surface area contributed by atoms with Crippen molar-refractivity contribution in [3.63, 3.8) is 0 Å². The van der Waals surface area contributed by atoms with Gasteiger partial charge in [-0.3, -0.25) is 4.79 Å². The van der Waals surface area contributed by atoms with E-state index in [2.05, 4.69) is 4.72 Å². The zero-order chi connectivity index (χ0) is 22.0. The van der Waals surface area contributed by atoms with E-state index < -0.39 is 10.0 Å². The van der Waals surface area contributed by atoms with Gasteiger partial charge in [0, 0.05) is 18.7 Å². The number of amides is 1. The molecule has 0 saturated carbocycles. The first-order chi connectivity index (χ1) is 14.8. The summed E-state index contributed by atoms with van der Waals surface area (Å²) in [6.07, 6.45) is 4.07. The minimum absolute atomic E-state index is 0.0711. The van der Waals surface area contributed by atoms with E-state index in [1.54, 1.807) is 19.2 Å². The SMILES string of the molecule is CN(Cc1ccco1)C(=O)c1ccc(Cl)c(S(=O)(=O)NC2CCCc3ccccc32)c1. The van der Waals surface area contributed by atoms with Crippen molar-refractivity contribution in [3.8, 4) is 0 Å². The maximum Gasteiger partial charge on any atom is 0.254 e. The lowest BCUT2D eigenvalue weighted by Gasteiger charge is -2.26. The molecule has 3 aromatic rings. The van der Waals surface area contributed by atoms with Gasteiger partial charge in [-0.15, -0.1) is 0 Å². The Balaban J connectivity index is 1.58. The molecule has 8 heteroatoms. The van der Waals surface area contributed by atoms with E-state index in [0.29, 0.717) is 12.2 Å². The number of nitrogens with zero attached hydrogens (tertiary/aromatic N) is 1. The van der Waals surface area contributed by atoms with Crippen LogP contribution in [0.1, 0.15) is 46.1 Å². The summed E-state index contributed by atoms with van der Waals surface area (Å²) >= 11 is 6.24. The van der Waals surface area contributed by atoms with Crippen molar-refractivity contribution in [2.24, 2.45) is 0 Å².